The van der Waals surface area contributed by atoms with E-state index in [4.69, 9.17) is 4.74 Å². The first-order valence-corrected chi connectivity index (χ1v) is 6.48. The molecule has 0 radical (unpaired) electrons. The van der Waals surface area contributed by atoms with Crippen molar-refractivity contribution in [1.29, 1.82) is 0 Å². The van der Waals surface area contributed by atoms with E-state index in [9.17, 15) is 18.0 Å². The van der Waals surface area contributed by atoms with E-state index >= 15 is 0 Å². The molecule has 0 aliphatic heterocycles. The first-order chi connectivity index (χ1) is 10.9. The van der Waals surface area contributed by atoms with Crippen LogP contribution >= 0.6 is 0 Å². The number of rotatable bonds is 4. The quantitative estimate of drug-likeness (QED) is 0.795. The van der Waals surface area contributed by atoms with Crippen LogP contribution in [0.2, 0.25) is 0 Å². The Morgan fingerprint density at radius 2 is 1.61 bits per heavy atom. The minimum Gasteiger partial charge on any atom is -0.495 e. The molecule has 122 valence electrons. The summed E-state index contributed by atoms with van der Waals surface area (Å²) in [6.07, 6.45) is -4.83. The third-order valence-electron chi connectivity index (χ3n) is 3.03. The lowest BCUT2D eigenvalue weighted by Gasteiger charge is -2.16. The lowest BCUT2D eigenvalue weighted by Crippen LogP contribution is -2.17. The molecule has 0 heterocycles. The number of halogens is 3. The maximum absolute atomic E-state index is 12.6. The van der Waals surface area contributed by atoms with Gasteiger partial charge < -0.3 is 14.2 Å². The van der Waals surface area contributed by atoms with E-state index in [1.807, 2.05) is 0 Å². The lowest BCUT2D eigenvalue weighted by molar-refractivity contribution is -0.274. The van der Waals surface area contributed by atoms with Gasteiger partial charge in [0.15, 0.2) is 0 Å². The van der Waals surface area contributed by atoms with Gasteiger partial charge in [0.1, 0.15) is 17.1 Å². The standard InChI is InChI=1S/C16H13F3O4/c1-21-14-11(7-5-8-12(14)15(20)22-2)10-6-3-4-9-13(10)23-16(17,18)19/h3-9H,1-2H3. The van der Waals surface area contributed by atoms with Crippen LogP contribution in [0.3, 0.4) is 0 Å². The number of esters is 1. The van der Waals surface area contributed by atoms with Crippen LogP contribution in [0.5, 0.6) is 11.5 Å². The molecule has 23 heavy (non-hydrogen) atoms. The van der Waals surface area contributed by atoms with Crippen molar-refractivity contribution < 1.29 is 32.2 Å². The Hall–Kier alpha value is -2.70. The van der Waals surface area contributed by atoms with Gasteiger partial charge in [0, 0.05) is 11.1 Å². The maximum Gasteiger partial charge on any atom is 0.573 e. The average molecular weight is 326 g/mol. The normalized spacial score (nSPS) is 11.0. The van der Waals surface area contributed by atoms with Gasteiger partial charge in [0.25, 0.3) is 0 Å². The van der Waals surface area contributed by atoms with Gasteiger partial charge in [-0.2, -0.15) is 0 Å². The van der Waals surface area contributed by atoms with Crippen LogP contribution in [0.1, 0.15) is 10.4 Å². The molecule has 0 saturated carbocycles. The monoisotopic (exact) mass is 326 g/mol. The molecule has 0 unspecified atom stereocenters. The maximum atomic E-state index is 12.6. The van der Waals surface area contributed by atoms with Crippen LogP contribution in [0.25, 0.3) is 11.1 Å². The number of ether oxygens (including phenoxy) is 3. The second kappa shape index (κ2) is 6.60. The fraction of sp³-hybridized carbons (Fsp3) is 0.188. The number of alkyl halides is 3. The lowest BCUT2D eigenvalue weighted by atomic mass is 10.0. The number of hydrogen-bond acceptors (Lipinski definition) is 4. The molecule has 4 nitrogen and oxygen atoms in total. The molecule has 2 rings (SSSR count). The van der Waals surface area contributed by atoms with E-state index in [0.717, 1.165) is 0 Å². The van der Waals surface area contributed by atoms with Gasteiger partial charge in [0.05, 0.1) is 14.2 Å². The Morgan fingerprint density at radius 1 is 0.957 bits per heavy atom. The van der Waals surface area contributed by atoms with Crippen LogP contribution in [0.4, 0.5) is 13.2 Å². The Balaban J connectivity index is 2.61. The van der Waals surface area contributed by atoms with E-state index in [-0.39, 0.29) is 28.2 Å². The molecular formula is C16H13F3O4. The molecule has 0 atom stereocenters. The molecule has 0 N–H and O–H groups in total. The van der Waals surface area contributed by atoms with Crippen molar-refractivity contribution in [3.05, 3.63) is 48.0 Å². The summed E-state index contributed by atoms with van der Waals surface area (Å²) in [5.41, 5.74) is 0.539. The number of carbonyl (C=O) groups is 1. The summed E-state index contributed by atoms with van der Waals surface area (Å²) in [7, 11) is 2.52. The van der Waals surface area contributed by atoms with Gasteiger partial charge in [-0.25, -0.2) is 4.79 Å². The molecule has 0 fully saturated rings. The Labute approximate surface area is 130 Å². The molecule has 2 aromatic rings. The summed E-state index contributed by atoms with van der Waals surface area (Å²) in [5, 5.41) is 0. The Kier molecular flexibility index (Phi) is 4.78. The number of carbonyl (C=O) groups excluding carboxylic acids is 1. The van der Waals surface area contributed by atoms with E-state index in [1.54, 1.807) is 6.07 Å². The van der Waals surface area contributed by atoms with Gasteiger partial charge >= 0.3 is 12.3 Å². The van der Waals surface area contributed by atoms with Crippen molar-refractivity contribution in [2.45, 2.75) is 6.36 Å². The highest BCUT2D eigenvalue weighted by Gasteiger charge is 2.32. The molecule has 2 aromatic carbocycles. The minimum absolute atomic E-state index is 0.106. The highest BCUT2D eigenvalue weighted by Crippen LogP contribution is 2.40. The minimum atomic E-state index is -4.83. The molecule has 0 amide bonds. The summed E-state index contributed by atoms with van der Waals surface area (Å²) in [6.45, 7) is 0. The molecular weight excluding hydrogens is 313 g/mol. The average Bonchev–Trinajstić information content (AvgIpc) is 2.52. The highest BCUT2D eigenvalue weighted by atomic mass is 19.4. The second-order valence-corrected chi connectivity index (χ2v) is 4.42. The Bertz CT molecular complexity index is 711. The predicted octanol–water partition coefficient (Wildman–Crippen LogP) is 4.05. The molecule has 0 saturated heterocycles. The van der Waals surface area contributed by atoms with Gasteiger partial charge in [0.2, 0.25) is 0 Å². The SMILES string of the molecule is COC(=O)c1cccc(-c2ccccc2OC(F)(F)F)c1OC. The molecule has 0 spiro atoms. The third kappa shape index (κ3) is 3.74. The fourth-order valence-electron chi connectivity index (χ4n) is 2.14. The first-order valence-electron chi connectivity index (χ1n) is 6.48. The molecule has 0 aliphatic rings. The van der Waals surface area contributed by atoms with Crippen molar-refractivity contribution in [2.24, 2.45) is 0 Å². The number of para-hydroxylation sites is 2. The number of benzene rings is 2. The predicted molar refractivity (Wildman–Crippen MR) is 76.5 cm³/mol. The summed E-state index contributed by atoms with van der Waals surface area (Å²) >= 11 is 0. The van der Waals surface area contributed by atoms with Crippen molar-refractivity contribution in [1.82, 2.24) is 0 Å². The molecule has 0 bridgehead atoms. The van der Waals surface area contributed by atoms with E-state index in [0.29, 0.717) is 0 Å². The van der Waals surface area contributed by atoms with Gasteiger partial charge in [-0.3, -0.25) is 0 Å². The van der Waals surface area contributed by atoms with Crippen LogP contribution in [0.15, 0.2) is 42.5 Å². The smallest absolute Gasteiger partial charge is 0.495 e. The van der Waals surface area contributed by atoms with Crippen LogP contribution in [-0.2, 0) is 4.74 Å². The van der Waals surface area contributed by atoms with E-state index in [1.165, 1.54) is 50.6 Å². The van der Waals surface area contributed by atoms with Gasteiger partial charge in [-0.05, 0) is 12.1 Å². The van der Waals surface area contributed by atoms with Gasteiger partial charge in [-0.15, -0.1) is 13.2 Å². The van der Waals surface area contributed by atoms with Crippen molar-refractivity contribution in [3.63, 3.8) is 0 Å². The van der Waals surface area contributed by atoms with Crippen LogP contribution in [-0.4, -0.2) is 26.6 Å². The molecule has 0 aromatic heterocycles. The number of methoxy groups -OCH3 is 2. The van der Waals surface area contributed by atoms with Gasteiger partial charge in [-0.1, -0.05) is 30.3 Å². The Morgan fingerprint density at radius 3 is 2.22 bits per heavy atom. The largest absolute Gasteiger partial charge is 0.573 e. The third-order valence-corrected chi connectivity index (χ3v) is 3.03. The zero-order valence-corrected chi connectivity index (χ0v) is 12.3. The van der Waals surface area contributed by atoms with Crippen molar-refractivity contribution >= 4 is 5.97 Å². The summed E-state index contributed by atoms with van der Waals surface area (Å²) in [5.74, 6) is -0.934. The van der Waals surface area contributed by atoms with E-state index in [2.05, 4.69) is 9.47 Å². The zero-order valence-electron chi connectivity index (χ0n) is 12.3. The zero-order chi connectivity index (χ0) is 17.0. The van der Waals surface area contributed by atoms with Crippen LogP contribution in [0, 0.1) is 0 Å². The van der Waals surface area contributed by atoms with Crippen molar-refractivity contribution in [2.75, 3.05) is 14.2 Å². The molecule has 0 aliphatic carbocycles. The summed E-state index contributed by atoms with van der Waals surface area (Å²) in [6, 6.07) is 10.1. The van der Waals surface area contributed by atoms with E-state index < -0.39 is 12.3 Å². The number of hydrogen-bond donors (Lipinski definition) is 0. The topological polar surface area (TPSA) is 44.8 Å². The fourth-order valence-corrected chi connectivity index (χ4v) is 2.14. The summed E-state index contributed by atoms with van der Waals surface area (Å²) in [4.78, 5) is 11.8. The molecule has 7 heteroatoms. The van der Waals surface area contributed by atoms with Crippen molar-refractivity contribution in [3.8, 4) is 22.6 Å². The summed E-state index contributed by atoms with van der Waals surface area (Å²) < 4.78 is 51.6. The first kappa shape index (κ1) is 16.7. The highest BCUT2D eigenvalue weighted by molar-refractivity contribution is 5.96. The second-order valence-electron chi connectivity index (χ2n) is 4.42. The van der Waals surface area contributed by atoms with Crippen LogP contribution < -0.4 is 9.47 Å².